The molecule has 1 heterocycles. The Morgan fingerprint density at radius 2 is 2.32 bits per heavy atom. The highest BCUT2D eigenvalue weighted by Crippen LogP contribution is 2.13. The van der Waals surface area contributed by atoms with Crippen LogP contribution in [0.25, 0.3) is 0 Å². The van der Waals surface area contributed by atoms with Gasteiger partial charge in [0.05, 0.1) is 12.7 Å². The zero-order valence-corrected chi connectivity index (χ0v) is 12.2. The molecule has 5 nitrogen and oxygen atoms in total. The lowest BCUT2D eigenvalue weighted by molar-refractivity contribution is 0.101. The SMILES string of the molecule is C=CCOc1ncc(F)c(NCC(=O)c2cccc(C)c2)n1. The van der Waals surface area contributed by atoms with Crippen LogP contribution in [-0.4, -0.2) is 28.9 Å². The van der Waals surface area contributed by atoms with Crippen LogP contribution in [0, 0.1) is 12.7 Å². The highest BCUT2D eigenvalue weighted by molar-refractivity contribution is 5.99. The summed E-state index contributed by atoms with van der Waals surface area (Å²) in [6.45, 7) is 5.55. The Bertz CT molecular complexity index is 689. The largest absolute Gasteiger partial charge is 0.459 e. The van der Waals surface area contributed by atoms with E-state index >= 15 is 0 Å². The number of nitrogens with zero attached hydrogens (tertiary/aromatic N) is 2. The first-order valence-corrected chi connectivity index (χ1v) is 6.70. The lowest BCUT2D eigenvalue weighted by atomic mass is 10.1. The van der Waals surface area contributed by atoms with Crippen LogP contribution in [0.1, 0.15) is 15.9 Å². The molecule has 0 aliphatic carbocycles. The molecule has 0 aliphatic rings. The number of carbonyl (C=O) groups is 1. The van der Waals surface area contributed by atoms with Gasteiger partial charge in [0.25, 0.3) is 0 Å². The standard InChI is InChI=1S/C16H16FN3O2/c1-3-7-22-16-19-9-13(17)15(20-16)18-10-14(21)12-6-4-5-11(2)8-12/h3-6,8-9H,1,7,10H2,2H3,(H,18,19,20). The van der Waals surface area contributed by atoms with Crippen molar-refractivity contribution in [2.45, 2.75) is 6.92 Å². The Kier molecular flexibility index (Phi) is 5.19. The molecule has 0 unspecified atom stereocenters. The average Bonchev–Trinajstić information content (AvgIpc) is 2.52. The molecule has 0 saturated heterocycles. The van der Waals surface area contributed by atoms with Crippen molar-refractivity contribution < 1.29 is 13.9 Å². The minimum absolute atomic E-state index is 0.0202. The van der Waals surface area contributed by atoms with E-state index in [1.165, 1.54) is 6.08 Å². The molecule has 114 valence electrons. The Morgan fingerprint density at radius 1 is 1.50 bits per heavy atom. The first kappa shape index (κ1) is 15.6. The number of anilines is 1. The molecular formula is C16H16FN3O2. The summed E-state index contributed by atoms with van der Waals surface area (Å²) < 4.78 is 18.8. The number of carbonyl (C=O) groups excluding carboxylic acids is 1. The zero-order chi connectivity index (χ0) is 15.9. The van der Waals surface area contributed by atoms with Gasteiger partial charge in [-0.2, -0.15) is 4.98 Å². The number of rotatable bonds is 7. The molecule has 0 amide bonds. The number of ether oxygens (including phenoxy) is 1. The second-order valence-electron chi connectivity index (χ2n) is 4.60. The number of benzene rings is 1. The molecule has 0 bridgehead atoms. The number of hydrogen-bond acceptors (Lipinski definition) is 5. The van der Waals surface area contributed by atoms with Gasteiger partial charge >= 0.3 is 6.01 Å². The highest BCUT2D eigenvalue weighted by Gasteiger charge is 2.11. The van der Waals surface area contributed by atoms with Crippen LogP contribution < -0.4 is 10.1 Å². The quantitative estimate of drug-likeness (QED) is 0.629. The molecule has 0 atom stereocenters. The summed E-state index contributed by atoms with van der Waals surface area (Å²) in [5.41, 5.74) is 1.55. The molecule has 1 aromatic carbocycles. The molecule has 1 N–H and O–H groups in total. The van der Waals surface area contributed by atoms with E-state index < -0.39 is 5.82 Å². The molecule has 2 rings (SSSR count). The van der Waals surface area contributed by atoms with E-state index in [0.717, 1.165) is 11.8 Å². The number of hydrogen-bond donors (Lipinski definition) is 1. The summed E-state index contributed by atoms with van der Waals surface area (Å²) in [5, 5.41) is 2.67. The van der Waals surface area contributed by atoms with E-state index in [1.54, 1.807) is 18.2 Å². The molecule has 2 aromatic rings. The van der Waals surface area contributed by atoms with E-state index in [1.807, 2.05) is 13.0 Å². The first-order chi connectivity index (χ1) is 10.6. The van der Waals surface area contributed by atoms with Crippen LogP contribution in [0.3, 0.4) is 0 Å². The molecule has 0 radical (unpaired) electrons. The van der Waals surface area contributed by atoms with E-state index in [4.69, 9.17) is 4.74 Å². The summed E-state index contributed by atoms with van der Waals surface area (Å²) in [5.74, 6) is -0.881. The van der Waals surface area contributed by atoms with Crippen molar-refractivity contribution in [1.29, 1.82) is 0 Å². The van der Waals surface area contributed by atoms with Gasteiger partial charge in [0.15, 0.2) is 17.4 Å². The number of aromatic nitrogens is 2. The average molecular weight is 301 g/mol. The monoisotopic (exact) mass is 301 g/mol. The van der Waals surface area contributed by atoms with E-state index in [0.29, 0.717) is 5.56 Å². The van der Waals surface area contributed by atoms with Crippen LogP contribution in [0.4, 0.5) is 10.2 Å². The van der Waals surface area contributed by atoms with Gasteiger partial charge in [-0.3, -0.25) is 4.79 Å². The van der Waals surface area contributed by atoms with E-state index in [9.17, 15) is 9.18 Å². The summed E-state index contributed by atoms with van der Waals surface area (Å²) in [4.78, 5) is 19.6. The van der Waals surface area contributed by atoms with Crippen LogP contribution in [0.2, 0.25) is 0 Å². The fraction of sp³-hybridized carbons (Fsp3) is 0.188. The smallest absolute Gasteiger partial charge is 0.318 e. The minimum Gasteiger partial charge on any atom is -0.459 e. The summed E-state index contributed by atoms with van der Waals surface area (Å²) in [6.07, 6.45) is 2.52. The van der Waals surface area contributed by atoms with Crippen molar-refractivity contribution in [1.82, 2.24) is 9.97 Å². The van der Waals surface area contributed by atoms with Gasteiger partial charge in [-0.1, -0.05) is 36.4 Å². The third kappa shape index (κ3) is 4.12. The number of aryl methyl sites for hydroxylation is 1. The van der Waals surface area contributed by atoms with Gasteiger partial charge in [0.2, 0.25) is 0 Å². The maximum atomic E-state index is 13.6. The van der Waals surface area contributed by atoms with Gasteiger partial charge in [0.1, 0.15) is 6.61 Å². The van der Waals surface area contributed by atoms with Crippen LogP contribution in [-0.2, 0) is 0 Å². The number of Topliss-reactive ketones (excluding diaryl/α,β-unsaturated/α-hetero) is 1. The predicted octanol–water partition coefficient (Wildman–Crippen LogP) is 2.78. The number of nitrogens with one attached hydrogen (secondary N) is 1. The van der Waals surface area contributed by atoms with Gasteiger partial charge in [0, 0.05) is 5.56 Å². The van der Waals surface area contributed by atoms with Gasteiger partial charge in [-0.15, -0.1) is 0 Å². The Balaban J connectivity index is 2.04. The molecule has 0 spiro atoms. The molecule has 0 saturated carbocycles. The van der Waals surface area contributed by atoms with E-state index in [-0.39, 0.29) is 30.8 Å². The van der Waals surface area contributed by atoms with Gasteiger partial charge in [-0.05, 0) is 13.0 Å². The third-order valence-electron chi connectivity index (χ3n) is 2.81. The molecule has 0 fully saturated rings. The van der Waals surface area contributed by atoms with Crippen LogP contribution in [0.5, 0.6) is 6.01 Å². The summed E-state index contributed by atoms with van der Waals surface area (Å²) in [7, 11) is 0. The second-order valence-corrected chi connectivity index (χ2v) is 4.60. The molecular weight excluding hydrogens is 285 g/mol. The van der Waals surface area contributed by atoms with Crippen molar-refractivity contribution >= 4 is 11.6 Å². The maximum absolute atomic E-state index is 13.6. The Hall–Kier alpha value is -2.76. The van der Waals surface area contributed by atoms with Gasteiger partial charge < -0.3 is 10.1 Å². The van der Waals surface area contributed by atoms with Crippen LogP contribution >= 0.6 is 0 Å². The topological polar surface area (TPSA) is 64.1 Å². The van der Waals surface area contributed by atoms with E-state index in [2.05, 4.69) is 21.9 Å². The highest BCUT2D eigenvalue weighted by atomic mass is 19.1. The normalized spacial score (nSPS) is 10.1. The van der Waals surface area contributed by atoms with Crippen molar-refractivity contribution in [2.24, 2.45) is 0 Å². The van der Waals surface area contributed by atoms with Gasteiger partial charge in [-0.25, -0.2) is 9.37 Å². The molecule has 6 heteroatoms. The fourth-order valence-corrected chi connectivity index (χ4v) is 1.76. The maximum Gasteiger partial charge on any atom is 0.318 e. The molecule has 0 aliphatic heterocycles. The van der Waals surface area contributed by atoms with Crippen molar-refractivity contribution in [3.8, 4) is 6.01 Å². The number of ketones is 1. The fourth-order valence-electron chi connectivity index (χ4n) is 1.76. The van der Waals surface area contributed by atoms with Crippen LogP contribution in [0.15, 0.2) is 43.1 Å². The molecule has 1 aromatic heterocycles. The van der Waals surface area contributed by atoms with Crippen molar-refractivity contribution in [3.63, 3.8) is 0 Å². The third-order valence-corrected chi connectivity index (χ3v) is 2.81. The minimum atomic E-state index is -0.650. The molecule has 22 heavy (non-hydrogen) atoms. The lowest BCUT2D eigenvalue weighted by Crippen LogP contribution is -2.16. The predicted molar refractivity (Wildman–Crippen MR) is 81.7 cm³/mol. The first-order valence-electron chi connectivity index (χ1n) is 6.70. The Labute approximate surface area is 127 Å². The lowest BCUT2D eigenvalue weighted by Gasteiger charge is -2.08. The second kappa shape index (κ2) is 7.31. The number of halogens is 1. The summed E-state index contributed by atoms with van der Waals surface area (Å²) >= 11 is 0. The van der Waals surface area contributed by atoms with Crippen molar-refractivity contribution in [2.75, 3.05) is 18.5 Å². The zero-order valence-electron chi connectivity index (χ0n) is 12.2. The Morgan fingerprint density at radius 3 is 3.05 bits per heavy atom. The summed E-state index contributed by atoms with van der Waals surface area (Å²) in [6, 6.07) is 7.21. The van der Waals surface area contributed by atoms with Crippen molar-refractivity contribution in [3.05, 3.63) is 60.1 Å².